The first-order valence-electron chi connectivity index (χ1n) is 6.27. The molecule has 1 saturated carbocycles. The van der Waals surface area contributed by atoms with Crippen LogP contribution >= 0.6 is 11.6 Å². The van der Waals surface area contributed by atoms with Crippen molar-refractivity contribution in [1.82, 2.24) is 4.90 Å². The van der Waals surface area contributed by atoms with Crippen LogP contribution in [0.4, 0.5) is 0 Å². The van der Waals surface area contributed by atoms with Gasteiger partial charge in [-0.1, -0.05) is 23.7 Å². The maximum atomic E-state index is 12.5. The zero-order chi connectivity index (χ0) is 14.0. The van der Waals surface area contributed by atoms with Crippen LogP contribution in [-0.4, -0.2) is 35.0 Å². The number of hydrogen-bond donors (Lipinski definition) is 1. The number of carbonyl (C=O) groups excluding carboxylic acids is 1. The second-order valence-corrected chi connectivity index (χ2v) is 5.24. The minimum Gasteiger partial charge on any atom is -0.480 e. The summed E-state index contributed by atoms with van der Waals surface area (Å²) in [5.74, 6) is -1.08. The second kappa shape index (κ2) is 5.21. The lowest BCUT2D eigenvalue weighted by Gasteiger charge is -2.25. The molecule has 5 heteroatoms. The molecule has 1 aromatic rings. The number of carboxylic acids is 1. The first-order chi connectivity index (χ1) is 8.99. The van der Waals surface area contributed by atoms with Crippen molar-refractivity contribution in [3.05, 3.63) is 34.9 Å². The zero-order valence-electron chi connectivity index (χ0n) is 10.7. The van der Waals surface area contributed by atoms with Gasteiger partial charge >= 0.3 is 5.97 Å². The molecule has 102 valence electrons. The van der Waals surface area contributed by atoms with E-state index in [0.717, 1.165) is 18.4 Å². The number of aliphatic carboxylic acids is 1. The first kappa shape index (κ1) is 13.9. The van der Waals surface area contributed by atoms with Gasteiger partial charge in [-0.25, -0.2) is 0 Å². The van der Waals surface area contributed by atoms with Gasteiger partial charge in [0, 0.05) is 11.6 Å². The number of nitrogens with zero attached hydrogens (tertiary/aromatic N) is 1. The normalized spacial score (nSPS) is 15.9. The van der Waals surface area contributed by atoms with Crippen molar-refractivity contribution in [2.24, 2.45) is 0 Å². The second-order valence-electron chi connectivity index (χ2n) is 4.80. The van der Waals surface area contributed by atoms with Crippen molar-refractivity contribution >= 4 is 23.5 Å². The third-order valence-electron chi connectivity index (χ3n) is 3.55. The van der Waals surface area contributed by atoms with Gasteiger partial charge in [0.1, 0.15) is 6.54 Å². The number of benzene rings is 1. The van der Waals surface area contributed by atoms with Gasteiger partial charge in [-0.2, -0.15) is 0 Å². The third kappa shape index (κ3) is 2.73. The molecule has 1 N–H and O–H groups in total. The Morgan fingerprint density at radius 2 is 1.89 bits per heavy atom. The van der Waals surface area contributed by atoms with Gasteiger partial charge in [0.2, 0.25) is 5.91 Å². The number of carbonyl (C=O) groups is 2. The molecule has 1 aromatic carbocycles. The van der Waals surface area contributed by atoms with Gasteiger partial charge in [-0.05, 0) is 37.5 Å². The van der Waals surface area contributed by atoms with Crippen molar-refractivity contribution < 1.29 is 14.7 Å². The van der Waals surface area contributed by atoms with Crippen molar-refractivity contribution in [3.8, 4) is 0 Å². The van der Waals surface area contributed by atoms with Crippen LogP contribution in [0.5, 0.6) is 0 Å². The van der Waals surface area contributed by atoms with E-state index < -0.39 is 11.4 Å². The number of halogens is 1. The van der Waals surface area contributed by atoms with Crippen molar-refractivity contribution in [2.45, 2.75) is 25.2 Å². The smallest absolute Gasteiger partial charge is 0.323 e. The maximum Gasteiger partial charge on any atom is 0.323 e. The van der Waals surface area contributed by atoms with Crippen LogP contribution in [0.15, 0.2) is 24.3 Å². The van der Waals surface area contributed by atoms with E-state index in [9.17, 15) is 9.59 Å². The number of likely N-dealkylation sites (N-methyl/N-ethyl adjacent to an activating group) is 1. The van der Waals surface area contributed by atoms with Crippen LogP contribution in [0.1, 0.15) is 25.3 Å². The van der Waals surface area contributed by atoms with Crippen LogP contribution < -0.4 is 0 Å². The molecule has 0 aliphatic heterocycles. The molecule has 0 aromatic heterocycles. The van der Waals surface area contributed by atoms with Crippen molar-refractivity contribution in [2.75, 3.05) is 13.1 Å². The predicted octanol–water partition coefficient (Wildman–Crippen LogP) is 2.30. The molecule has 2 rings (SSSR count). The van der Waals surface area contributed by atoms with E-state index in [2.05, 4.69) is 0 Å². The Morgan fingerprint density at radius 1 is 1.32 bits per heavy atom. The summed E-state index contributed by atoms with van der Waals surface area (Å²) in [6, 6.07) is 7.22. The fourth-order valence-corrected chi connectivity index (χ4v) is 2.44. The topological polar surface area (TPSA) is 57.6 Å². The van der Waals surface area contributed by atoms with Crippen molar-refractivity contribution in [1.29, 1.82) is 0 Å². The molecule has 0 unspecified atom stereocenters. The number of amides is 1. The van der Waals surface area contributed by atoms with E-state index in [4.69, 9.17) is 16.7 Å². The highest BCUT2D eigenvalue weighted by Gasteiger charge is 2.52. The Bertz CT molecular complexity index is 494. The highest BCUT2D eigenvalue weighted by Crippen LogP contribution is 2.49. The predicted molar refractivity (Wildman–Crippen MR) is 72.3 cm³/mol. The summed E-state index contributed by atoms with van der Waals surface area (Å²) in [4.78, 5) is 24.7. The minimum absolute atomic E-state index is 0.0975. The largest absolute Gasteiger partial charge is 0.480 e. The van der Waals surface area contributed by atoms with Gasteiger partial charge in [0.05, 0.1) is 5.41 Å². The minimum atomic E-state index is -0.984. The van der Waals surface area contributed by atoms with E-state index in [1.54, 1.807) is 19.1 Å². The summed E-state index contributed by atoms with van der Waals surface area (Å²) in [6.07, 6.45) is 1.53. The third-order valence-corrected chi connectivity index (χ3v) is 3.80. The van der Waals surface area contributed by atoms with E-state index in [0.29, 0.717) is 11.6 Å². The van der Waals surface area contributed by atoms with E-state index in [1.165, 1.54) is 4.90 Å². The number of rotatable bonds is 5. The summed E-state index contributed by atoms with van der Waals surface area (Å²) < 4.78 is 0. The molecule has 0 spiro atoms. The van der Waals surface area contributed by atoms with Gasteiger partial charge in [0.25, 0.3) is 0 Å². The van der Waals surface area contributed by atoms with Crippen LogP contribution in [0.3, 0.4) is 0 Å². The summed E-state index contributed by atoms with van der Waals surface area (Å²) >= 11 is 5.85. The highest BCUT2D eigenvalue weighted by atomic mass is 35.5. The Hall–Kier alpha value is -1.55. The quantitative estimate of drug-likeness (QED) is 0.901. The van der Waals surface area contributed by atoms with E-state index in [-0.39, 0.29) is 12.5 Å². The molecule has 0 atom stereocenters. The standard InChI is InChI=1S/C14H16ClNO3/c1-2-16(9-12(17)18)13(19)14(7-8-14)10-3-5-11(15)6-4-10/h3-6H,2,7-9H2,1H3,(H,17,18). The molecule has 1 fully saturated rings. The summed E-state index contributed by atoms with van der Waals surface area (Å²) in [6.45, 7) is 1.95. The molecule has 0 saturated heterocycles. The molecular formula is C14H16ClNO3. The molecule has 0 radical (unpaired) electrons. The molecule has 4 nitrogen and oxygen atoms in total. The molecule has 0 bridgehead atoms. The van der Waals surface area contributed by atoms with Crippen LogP contribution in [-0.2, 0) is 15.0 Å². The molecule has 1 amide bonds. The summed E-state index contributed by atoms with van der Waals surface area (Å²) in [5, 5.41) is 9.48. The van der Waals surface area contributed by atoms with Crippen molar-refractivity contribution in [3.63, 3.8) is 0 Å². The van der Waals surface area contributed by atoms with Gasteiger partial charge in [0.15, 0.2) is 0 Å². The molecular weight excluding hydrogens is 266 g/mol. The number of hydrogen-bond acceptors (Lipinski definition) is 2. The fourth-order valence-electron chi connectivity index (χ4n) is 2.31. The Balaban J connectivity index is 2.22. The van der Waals surface area contributed by atoms with Gasteiger partial charge in [-0.15, -0.1) is 0 Å². The Labute approximate surface area is 117 Å². The van der Waals surface area contributed by atoms with Gasteiger partial charge in [-0.3, -0.25) is 9.59 Å². The monoisotopic (exact) mass is 281 g/mol. The summed E-state index contributed by atoms with van der Waals surface area (Å²) in [7, 11) is 0. The molecule has 0 heterocycles. The summed E-state index contributed by atoms with van der Waals surface area (Å²) in [5.41, 5.74) is 0.390. The average molecular weight is 282 g/mol. The molecule has 19 heavy (non-hydrogen) atoms. The Morgan fingerprint density at radius 3 is 2.32 bits per heavy atom. The van der Waals surface area contributed by atoms with Crippen LogP contribution in [0.25, 0.3) is 0 Å². The molecule has 1 aliphatic rings. The lowest BCUT2D eigenvalue weighted by Crippen LogP contribution is -2.42. The number of carboxylic acid groups (broad SMARTS) is 1. The fraction of sp³-hybridized carbons (Fsp3) is 0.429. The zero-order valence-corrected chi connectivity index (χ0v) is 11.5. The van der Waals surface area contributed by atoms with E-state index >= 15 is 0 Å². The van der Waals surface area contributed by atoms with Crippen LogP contribution in [0.2, 0.25) is 5.02 Å². The highest BCUT2D eigenvalue weighted by molar-refractivity contribution is 6.30. The molecule has 1 aliphatic carbocycles. The van der Waals surface area contributed by atoms with Gasteiger partial charge < -0.3 is 10.0 Å². The lowest BCUT2D eigenvalue weighted by atomic mass is 9.94. The first-order valence-corrected chi connectivity index (χ1v) is 6.64. The van der Waals surface area contributed by atoms with E-state index in [1.807, 2.05) is 12.1 Å². The lowest BCUT2D eigenvalue weighted by molar-refractivity contribution is -0.145. The SMILES string of the molecule is CCN(CC(=O)O)C(=O)C1(c2ccc(Cl)cc2)CC1. The van der Waals surface area contributed by atoms with Crippen LogP contribution in [0, 0.1) is 0 Å². The average Bonchev–Trinajstić information content (AvgIpc) is 3.17. The Kier molecular flexibility index (Phi) is 3.80. The maximum absolute atomic E-state index is 12.5.